The van der Waals surface area contributed by atoms with Crippen LogP contribution in [0.2, 0.25) is 0 Å². The van der Waals surface area contributed by atoms with Crippen molar-refractivity contribution in [1.29, 1.82) is 0 Å². The normalized spacial score (nSPS) is 41.9. The lowest BCUT2D eigenvalue weighted by molar-refractivity contribution is -0.635. The Morgan fingerprint density at radius 2 is 2.33 bits per heavy atom. The van der Waals surface area contributed by atoms with E-state index in [0.29, 0.717) is 12.3 Å². The molecular weight excluding hydrogens is 343 g/mol. The topological polar surface area (TPSA) is 44.7 Å². The zero-order chi connectivity index (χ0) is 13.6. The highest BCUT2D eigenvalue weighted by Crippen LogP contribution is 2.47. The first-order chi connectivity index (χ1) is 8.26. The Morgan fingerprint density at radius 1 is 1.67 bits per heavy atom. The average Bonchev–Trinajstić information content (AvgIpc) is 2.40. The summed E-state index contributed by atoms with van der Waals surface area (Å²) in [5.74, 6) is 1.63. The van der Waals surface area contributed by atoms with Crippen LogP contribution in [0.1, 0.15) is 34.1 Å². The summed E-state index contributed by atoms with van der Waals surface area (Å²) >= 11 is 2.29. The van der Waals surface area contributed by atoms with Crippen LogP contribution in [0.15, 0.2) is 11.8 Å². The van der Waals surface area contributed by atoms with E-state index in [4.69, 9.17) is 4.74 Å². The summed E-state index contributed by atoms with van der Waals surface area (Å²) in [5.41, 5.74) is -0.735. The predicted molar refractivity (Wildman–Crippen MR) is 66.1 cm³/mol. The summed E-state index contributed by atoms with van der Waals surface area (Å²) in [6.07, 6.45) is 2.75. The fourth-order valence-corrected chi connectivity index (χ4v) is 4.71. The number of ether oxygens (including phenoxy) is 1. The second kappa shape index (κ2) is 4.92. The molecule has 2 N–H and O–H groups in total. The third-order valence-corrected chi connectivity index (χ3v) is 4.63. The van der Waals surface area contributed by atoms with Gasteiger partial charge in [0.05, 0.1) is 9.77 Å². The Morgan fingerprint density at radius 3 is 2.83 bits per heavy atom. The van der Waals surface area contributed by atoms with Crippen LogP contribution in [-0.4, -0.2) is 38.6 Å². The van der Waals surface area contributed by atoms with Crippen molar-refractivity contribution in [1.82, 2.24) is 10.2 Å². The highest BCUT2D eigenvalue weighted by atomic mass is 127. The molecule has 18 heavy (non-hydrogen) atoms. The van der Waals surface area contributed by atoms with Crippen molar-refractivity contribution in [3.05, 3.63) is 11.8 Å². The maximum Gasteiger partial charge on any atom is 0.120 e. The van der Waals surface area contributed by atoms with Gasteiger partial charge >= 0.3 is 0 Å². The molecular formula is C13H23IN2O2-. The average molecular weight is 366 g/mol. The van der Waals surface area contributed by atoms with Crippen molar-refractivity contribution in [2.45, 2.75) is 49.6 Å². The van der Waals surface area contributed by atoms with Crippen LogP contribution in [0.4, 0.5) is 0 Å². The molecule has 1 radical (unpaired) electrons. The molecule has 4 nitrogen and oxygen atoms in total. The van der Waals surface area contributed by atoms with E-state index in [9.17, 15) is 5.11 Å². The van der Waals surface area contributed by atoms with Gasteiger partial charge < -0.3 is 37.8 Å². The number of fused-ring (bicyclic) bond motifs is 1. The van der Waals surface area contributed by atoms with E-state index < -0.39 is 5.72 Å². The number of aliphatic hydroxyl groups is 1. The summed E-state index contributed by atoms with van der Waals surface area (Å²) in [6.45, 7) is 10.1. The van der Waals surface area contributed by atoms with Crippen LogP contribution < -0.4 is 27.9 Å². The standard InChI is InChI=1S/C13H23IN2O2/c1-9(2)7-15-6-5-11-10(3)16-12(4,17)8-13(16,14)18-11/h5,9-10,15,17H,6-8H2,1-4H3/q-1/b11-5-. The number of alkyl halides is 1. The van der Waals surface area contributed by atoms with Gasteiger partial charge in [0.2, 0.25) is 0 Å². The molecule has 0 aromatic rings. The van der Waals surface area contributed by atoms with Crippen LogP contribution in [0.5, 0.6) is 0 Å². The van der Waals surface area contributed by atoms with E-state index in [1.54, 1.807) is 0 Å². The summed E-state index contributed by atoms with van der Waals surface area (Å²) in [5, 5.41) is 13.6. The molecule has 2 aliphatic rings. The minimum absolute atomic E-state index is 0.145. The Balaban J connectivity index is 1.94. The summed E-state index contributed by atoms with van der Waals surface area (Å²) in [6, 6.07) is 0.145. The van der Waals surface area contributed by atoms with Gasteiger partial charge in [-0.25, -0.2) is 4.90 Å². The van der Waals surface area contributed by atoms with E-state index in [2.05, 4.69) is 54.8 Å². The lowest BCUT2D eigenvalue weighted by Crippen LogP contribution is -3.46. The van der Waals surface area contributed by atoms with Crippen molar-refractivity contribution < 1.29 is 32.4 Å². The van der Waals surface area contributed by atoms with Gasteiger partial charge in [0.1, 0.15) is 11.5 Å². The molecule has 0 saturated carbocycles. The molecule has 2 heterocycles. The SMILES string of the molecule is CC(C)CNC/C=C1\OC2([I-])CC(C)(O)N2C1C. The lowest BCUT2D eigenvalue weighted by Gasteiger charge is -2.62. The van der Waals surface area contributed by atoms with Gasteiger partial charge in [-0.3, -0.25) is 0 Å². The molecule has 5 heteroatoms. The summed E-state index contributed by atoms with van der Waals surface area (Å²) in [4.78, 5) is 2.04. The Hall–Kier alpha value is 0.150. The Kier molecular flexibility index (Phi) is 3.98. The molecule has 3 atom stereocenters. The molecule has 2 rings (SSSR count). The third-order valence-electron chi connectivity index (χ3n) is 3.51. The number of halogens is 1. The zero-order valence-electron chi connectivity index (χ0n) is 11.5. The maximum absolute atomic E-state index is 10.2. The lowest BCUT2D eigenvalue weighted by atomic mass is 9.96. The fraction of sp³-hybridized carbons (Fsp3) is 0.846. The van der Waals surface area contributed by atoms with Crippen LogP contribution in [0.25, 0.3) is 0 Å². The van der Waals surface area contributed by atoms with Crippen molar-refractivity contribution in [2.75, 3.05) is 13.1 Å². The van der Waals surface area contributed by atoms with Gasteiger partial charge in [-0.2, -0.15) is 0 Å². The fourth-order valence-electron chi connectivity index (χ4n) is 2.79. The first kappa shape index (κ1) is 14.6. The molecule has 0 amide bonds. The molecule has 0 aromatic carbocycles. The molecule has 3 unspecified atom stereocenters. The molecule has 0 bridgehead atoms. The van der Waals surface area contributed by atoms with E-state index in [-0.39, 0.29) is 9.77 Å². The monoisotopic (exact) mass is 366 g/mol. The molecule has 105 valence electrons. The first-order valence-electron chi connectivity index (χ1n) is 6.57. The molecule has 0 aliphatic carbocycles. The quantitative estimate of drug-likeness (QED) is 0.266. The van der Waals surface area contributed by atoms with Gasteiger partial charge in [0.25, 0.3) is 0 Å². The van der Waals surface area contributed by atoms with E-state index in [1.165, 1.54) is 0 Å². The van der Waals surface area contributed by atoms with Crippen LogP contribution in [0.3, 0.4) is 0 Å². The number of nitrogens with zero attached hydrogens (tertiary/aromatic N) is 1. The molecule has 0 spiro atoms. The second-order valence-corrected chi connectivity index (χ2v) is 7.58. The Bertz CT molecular complexity index is 357. The summed E-state index contributed by atoms with van der Waals surface area (Å²) < 4.78 is 5.63. The van der Waals surface area contributed by atoms with Crippen LogP contribution in [0, 0.1) is 5.92 Å². The van der Waals surface area contributed by atoms with E-state index in [0.717, 1.165) is 18.8 Å². The Labute approximate surface area is 123 Å². The van der Waals surface area contributed by atoms with Crippen molar-refractivity contribution >= 4 is 0 Å². The summed E-state index contributed by atoms with van der Waals surface area (Å²) in [7, 11) is 0. The molecule has 2 saturated heterocycles. The third kappa shape index (κ3) is 2.55. The molecule has 2 aliphatic heterocycles. The van der Waals surface area contributed by atoms with Crippen LogP contribution >= 0.6 is 0 Å². The molecule has 2 fully saturated rings. The van der Waals surface area contributed by atoms with Crippen molar-refractivity contribution in [2.24, 2.45) is 5.92 Å². The maximum atomic E-state index is 10.2. The molecule has 0 aromatic heterocycles. The van der Waals surface area contributed by atoms with E-state index >= 15 is 0 Å². The zero-order valence-corrected chi connectivity index (χ0v) is 13.7. The van der Waals surface area contributed by atoms with Gasteiger partial charge in [-0.15, -0.1) is 0 Å². The van der Waals surface area contributed by atoms with Crippen molar-refractivity contribution in [3.63, 3.8) is 0 Å². The largest absolute Gasteiger partial charge is 0.727 e. The first-order valence-corrected chi connectivity index (χ1v) is 7.65. The van der Waals surface area contributed by atoms with Gasteiger partial charge in [0.15, 0.2) is 0 Å². The van der Waals surface area contributed by atoms with Gasteiger partial charge in [0, 0.05) is 13.0 Å². The number of hydrogen-bond acceptors (Lipinski definition) is 4. The highest BCUT2D eigenvalue weighted by molar-refractivity contribution is 5.17. The minimum Gasteiger partial charge on any atom is -0.727 e. The highest BCUT2D eigenvalue weighted by Gasteiger charge is 2.59. The number of rotatable bonds is 4. The minimum atomic E-state index is -0.735. The van der Waals surface area contributed by atoms with Gasteiger partial charge in [-0.1, -0.05) is 13.8 Å². The number of nitrogens with one attached hydrogen (secondary N) is 1. The van der Waals surface area contributed by atoms with Crippen LogP contribution in [-0.2, 0) is 4.74 Å². The van der Waals surface area contributed by atoms with Crippen molar-refractivity contribution in [3.8, 4) is 0 Å². The van der Waals surface area contributed by atoms with E-state index in [1.807, 2.05) is 11.8 Å². The number of hydrogen-bond donors (Lipinski definition) is 2. The van der Waals surface area contributed by atoms with Gasteiger partial charge in [-0.05, 0) is 32.4 Å². The second-order valence-electron chi connectivity index (χ2n) is 5.89. The smallest absolute Gasteiger partial charge is 0.120 e. The predicted octanol–water partition coefficient (Wildman–Crippen LogP) is -1.84.